The predicted molar refractivity (Wildman–Crippen MR) is 97.8 cm³/mol. The number of carbonyl (C=O) groups is 1. The van der Waals surface area contributed by atoms with Crippen LogP contribution in [-0.2, 0) is 10.2 Å². The first-order valence-corrected chi connectivity index (χ1v) is 8.45. The van der Waals surface area contributed by atoms with E-state index in [-0.39, 0.29) is 5.41 Å². The quantitative estimate of drug-likeness (QED) is 0.673. The Morgan fingerprint density at radius 3 is 2.44 bits per heavy atom. The zero-order chi connectivity index (χ0) is 18.2. The molecule has 1 aromatic carbocycles. The number of carbonyl (C=O) groups excluding carboxylic acids is 1. The fraction of sp³-hybridized carbons (Fsp3) is 0.350. The van der Waals surface area contributed by atoms with Crippen molar-refractivity contribution in [3.8, 4) is 11.3 Å². The Balaban J connectivity index is 2.01. The molecular formula is C20H23N3O2. The van der Waals surface area contributed by atoms with E-state index in [1.54, 1.807) is 17.5 Å². The molecule has 0 aliphatic heterocycles. The number of ether oxygens (including phenoxy) is 1. The number of nitrogens with zero attached hydrogens (tertiary/aromatic N) is 3. The second-order valence-corrected chi connectivity index (χ2v) is 7.13. The summed E-state index contributed by atoms with van der Waals surface area (Å²) in [6.45, 7) is 10.6. The molecule has 0 saturated carbocycles. The Kier molecular flexibility index (Phi) is 4.33. The minimum atomic E-state index is -0.412. The monoisotopic (exact) mass is 337 g/mol. The number of esters is 1. The van der Waals surface area contributed by atoms with Gasteiger partial charge in [-0.1, -0.05) is 45.0 Å². The van der Waals surface area contributed by atoms with Crippen LogP contribution in [0.1, 0.15) is 49.4 Å². The molecule has 0 bridgehead atoms. The summed E-state index contributed by atoms with van der Waals surface area (Å²) in [5.74, 6) is -0.412. The maximum absolute atomic E-state index is 11.9. The summed E-state index contributed by atoms with van der Waals surface area (Å²) in [4.78, 5) is 16.3. The van der Waals surface area contributed by atoms with Crippen molar-refractivity contribution in [2.24, 2.45) is 0 Å². The Hall–Kier alpha value is -2.69. The number of benzene rings is 1. The van der Waals surface area contributed by atoms with E-state index in [1.807, 2.05) is 13.0 Å². The van der Waals surface area contributed by atoms with Crippen molar-refractivity contribution in [1.82, 2.24) is 14.6 Å². The molecule has 5 heteroatoms. The van der Waals surface area contributed by atoms with Crippen LogP contribution in [0.25, 0.3) is 16.9 Å². The van der Waals surface area contributed by atoms with E-state index in [4.69, 9.17) is 4.74 Å². The first-order valence-electron chi connectivity index (χ1n) is 8.45. The molecule has 130 valence electrons. The summed E-state index contributed by atoms with van der Waals surface area (Å²) >= 11 is 0. The van der Waals surface area contributed by atoms with Gasteiger partial charge in [-0.15, -0.1) is 0 Å². The van der Waals surface area contributed by atoms with E-state index in [9.17, 15) is 4.79 Å². The third-order valence-electron chi connectivity index (χ3n) is 4.14. The molecule has 2 heterocycles. The van der Waals surface area contributed by atoms with Crippen LogP contribution in [-0.4, -0.2) is 27.2 Å². The topological polar surface area (TPSA) is 56.5 Å². The van der Waals surface area contributed by atoms with Crippen LogP contribution in [0.3, 0.4) is 0 Å². The number of fused-ring (bicyclic) bond motifs is 1. The smallest absolute Gasteiger partial charge is 0.357 e. The lowest BCUT2D eigenvalue weighted by atomic mass is 9.86. The second kappa shape index (κ2) is 6.31. The Bertz CT molecular complexity index is 919. The minimum absolute atomic E-state index is 0.115. The predicted octanol–water partition coefficient (Wildman–Crippen LogP) is 4.18. The maximum atomic E-state index is 11.9. The molecule has 0 saturated heterocycles. The van der Waals surface area contributed by atoms with Crippen molar-refractivity contribution >= 4 is 11.6 Å². The van der Waals surface area contributed by atoms with Crippen molar-refractivity contribution in [3.63, 3.8) is 0 Å². The molecule has 0 aliphatic carbocycles. The minimum Gasteiger partial charge on any atom is -0.461 e. The summed E-state index contributed by atoms with van der Waals surface area (Å²) in [7, 11) is 0. The second-order valence-electron chi connectivity index (χ2n) is 7.13. The molecule has 0 N–H and O–H groups in total. The number of rotatable bonds is 3. The van der Waals surface area contributed by atoms with E-state index in [0.29, 0.717) is 17.9 Å². The van der Waals surface area contributed by atoms with Gasteiger partial charge in [0.15, 0.2) is 11.3 Å². The molecule has 0 fully saturated rings. The molecule has 3 aromatic rings. The van der Waals surface area contributed by atoms with Crippen molar-refractivity contribution in [2.45, 2.75) is 40.0 Å². The molecule has 0 unspecified atom stereocenters. The van der Waals surface area contributed by atoms with Gasteiger partial charge in [0.05, 0.1) is 12.3 Å². The van der Waals surface area contributed by atoms with Crippen LogP contribution in [0.4, 0.5) is 0 Å². The lowest BCUT2D eigenvalue weighted by Crippen LogP contribution is -2.10. The summed E-state index contributed by atoms with van der Waals surface area (Å²) in [6.07, 6.45) is 0. The molecule has 0 atom stereocenters. The SMILES string of the molecule is CCOC(=O)c1cc(C)n2nc(-c3ccc(C(C)(C)C)cc3)cc2n1. The van der Waals surface area contributed by atoms with Crippen LogP contribution >= 0.6 is 0 Å². The van der Waals surface area contributed by atoms with E-state index in [0.717, 1.165) is 17.0 Å². The molecular weight excluding hydrogens is 314 g/mol. The number of aromatic nitrogens is 3. The fourth-order valence-corrected chi connectivity index (χ4v) is 2.72. The average molecular weight is 337 g/mol. The van der Waals surface area contributed by atoms with Crippen molar-refractivity contribution in [1.29, 1.82) is 0 Å². The zero-order valence-corrected chi connectivity index (χ0v) is 15.3. The maximum Gasteiger partial charge on any atom is 0.357 e. The molecule has 5 nitrogen and oxygen atoms in total. The van der Waals surface area contributed by atoms with Gasteiger partial charge >= 0.3 is 5.97 Å². The third-order valence-corrected chi connectivity index (χ3v) is 4.14. The average Bonchev–Trinajstić information content (AvgIpc) is 2.99. The lowest BCUT2D eigenvalue weighted by molar-refractivity contribution is 0.0519. The molecule has 2 aromatic heterocycles. The van der Waals surface area contributed by atoms with Gasteiger partial charge in [0, 0.05) is 17.3 Å². The van der Waals surface area contributed by atoms with Gasteiger partial charge < -0.3 is 4.74 Å². The van der Waals surface area contributed by atoms with Crippen molar-refractivity contribution in [2.75, 3.05) is 6.61 Å². The third kappa shape index (κ3) is 3.40. The zero-order valence-electron chi connectivity index (χ0n) is 15.3. The summed E-state index contributed by atoms with van der Waals surface area (Å²) in [6, 6.07) is 12.0. The van der Waals surface area contributed by atoms with Crippen molar-refractivity contribution in [3.05, 3.63) is 53.3 Å². The molecule has 25 heavy (non-hydrogen) atoms. The van der Waals surface area contributed by atoms with Crippen molar-refractivity contribution < 1.29 is 9.53 Å². The Labute approximate surface area is 147 Å². The summed E-state index contributed by atoms with van der Waals surface area (Å²) < 4.78 is 6.78. The first kappa shape index (κ1) is 17.1. The molecule has 0 amide bonds. The number of hydrogen-bond donors (Lipinski definition) is 0. The summed E-state index contributed by atoms with van der Waals surface area (Å²) in [5, 5.41) is 4.62. The largest absolute Gasteiger partial charge is 0.461 e. The number of hydrogen-bond acceptors (Lipinski definition) is 4. The van der Waals surface area contributed by atoms with E-state index in [2.05, 4.69) is 55.1 Å². The van der Waals surface area contributed by atoms with Gasteiger partial charge in [-0.05, 0) is 30.9 Å². The molecule has 3 rings (SSSR count). The summed E-state index contributed by atoms with van der Waals surface area (Å²) in [5.41, 5.74) is 5.03. The van der Waals surface area contributed by atoms with Crippen LogP contribution < -0.4 is 0 Å². The Morgan fingerprint density at radius 2 is 1.84 bits per heavy atom. The highest BCUT2D eigenvalue weighted by Gasteiger charge is 2.16. The van der Waals surface area contributed by atoms with E-state index < -0.39 is 5.97 Å². The van der Waals surface area contributed by atoms with Gasteiger partial charge in [-0.3, -0.25) is 0 Å². The normalized spacial score (nSPS) is 11.7. The highest BCUT2D eigenvalue weighted by atomic mass is 16.5. The van der Waals surface area contributed by atoms with E-state index >= 15 is 0 Å². The van der Waals surface area contributed by atoms with Gasteiger partial charge in [0.1, 0.15) is 0 Å². The Morgan fingerprint density at radius 1 is 1.16 bits per heavy atom. The van der Waals surface area contributed by atoms with Crippen LogP contribution in [0.5, 0.6) is 0 Å². The van der Waals surface area contributed by atoms with Gasteiger partial charge in [-0.2, -0.15) is 5.10 Å². The highest BCUT2D eigenvalue weighted by Crippen LogP contribution is 2.26. The van der Waals surface area contributed by atoms with Gasteiger partial charge in [-0.25, -0.2) is 14.3 Å². The van der Waals surface area contributed by atoms with Gasteiger partial charge in [0.2, 0.25) is 0 Å². The lowest BCUT2D eigenvalue weighted by Gasteiger charge is -2.18. The highest BCUT2D eigenvalue weighted by molar-refractivity contribution is 5.88. The van der Waals surface area contributed by atoms with Crippen LogP contribution in [0.15, 0.2) is 36.4 Å². The van der Waals surface area contributed by atoms with Crippen LogP contribution in [0.2, 0.25) is 0 Å². The fourth-order valence-electron chi connectivity index (χ4n) is 2.72. The number of aryl methyl sites for hydroxylation is 1. The molecule has 0 radical (unpaired) electrons. The van der Waals surface area contributed by atoms with E-state index in [1.165, 1.54) is 5.56 Å². The molecule has 0 spiro atoms. The molecule has 0 aliphatic rings. The van der Waals surface area contributed by atoms with Gasteiger partial charge in [0.25, 0.3) is 0 Å². The van der Waals surface area contributed by atoms with Crippen LogP contribution in [0, 0.1) is 6.92 Å². The standard InChI is InChI=1S/C20H23N3O2/c1-6-25-19(24)17-11-13(2)23-18(21-17)12-16(22-23)14-7-9-15(10-8-14)20(3,4)5/h7-12H,6H2,1-5H3. The first-order chi connectivity index (χ1) is 11.8.